The fourth-order valence-corrected chi connectivity index (χ4v) is 1.99. The number of halogens is 1. The Labute approximate surface area is 119 Å². The lowest BCUT2D eigenvalue weighted by Crippen LogP contribution is -2.12. The zero-order valence-electron chi connectivity index (χ0n) is 10.9. The van der Waals surface area contributed by atoms with Crippen LogP contribution >= 0.6 is 0 Å². The summed E-state index contributed by atoms with van der Waals surface area (Å²) in [7, 11) is 0. The maximum atomic E-state index is 13.1. The molecule has 1 heterocycles. The van der Waals surface area contributed by atoms with E-state index in [1.54, 1.807) is 24.3 Å². The van der Waals surface area contributed by atoms with Crippen molar-refractivity contribution in [3.8, 4) is 0 Å². The number of nitrogens with one attached hydrogen (secondary N) is 1. The molecule has 1 aromatic heterocycles. The second kappa shape index (κ2) is 5.20. The van der Waals surface area contributed by atoms with Crippen LogP contribution in [0.3, 0.4) is 0 Å². The Balaban J connectivity index is 2.11. The molecule has 104 valence electrons. The van der Waals surface area contributed by atoms with Crippen LogP contribution in [0.15, 0.2) is 53.3 Å². The number of hydrogen-bond acceptors (Lipinski definition) is 3. The first-order chi connectivity index (χ1) is 10.1. The minimum atomic E-state index is -0.490. The second-order valence-corrected chi connectivity index (χ2v) is 4.51. The molecule has 2 N–H and O–H groups in total. The number of aliphatic hydroxyl groups excluding tert-OH is 1. The lowest BCUT2D eigenvalue weighted by molar-refractivity contribution is 0.515. The highest BCUT2D eigenvalue weighted by Gasteiger charge is 2.06. The van der Waals surface area contributed by atoms with Gasteiger partial charge in [0.05, 0.1) is 11.0 Å². The number of aromatic amines is 1. The monoisotopic (exact) mass is 282 g/mol. The van der Waals surface area contributed by atoms with Gasteiger partial charge in [-0.1, -0.05) is 30.3 Å². The van der Waals surface area contributed by atoms with E-state index in [4.69, 9.17) is 0 Å². The van der Waals surface area contributed by atoms with Crippen molar-refractivity contribution < 1.29 is 9.50 Å². The van der Waals surface area contributed by atoms with Crippen LogP contribution in [0.1, 0.15) is 11.3 Å². The SMILES string of the molecule is O=c1[nH]c2cc(F)ccc2nc1C=C(O)c1ccccc1. The molecule has 3 rings (SSSR count). The van der Waals surface area contributed by atoms with Gasteiger partial charge in [0.2, 0.25) is 0 Å². The molecule has 0 fully saturated rings. The van der Waals surface area contributed by atoms with E-state index < -0.39 is 11.4 Å². The summed E-state index contributed by atoms with van der Waals surface area (Å²) in [6, 6.07) is 12.8. The maximum Gasteiger partial charge on any atom is 0.274 e. The molecule has 0 atom stereocenters. The number of aliphatic hydroxyl groups is 1. The molecule has 0 radical (unpaired) electrons. The summed E-state index contributed by atoms with van der Waals surface area (Å²) in [6.07, 6.45) is 1.29. The number of benzene rings is 2. The molecule has 21 heavy (non-hydrogen) atoms. The molecule has 4 nitrogen and oxygen atoms in total. The van der Waals surface area contributed by atoms with Gasteiger partial charge in [-0.2, -0.15) is 0 Å². The third-order valence-electron chi connectivity index (χ3n) is 3.02. The Bertz CT molecular complexity index is 886. The quantitative estimate of drug-likeness (QED) is 0.710. The van der Waals surface area contributed by atoms with Crippen LogP contribution in [0.5, 0.6) is 0 Å². The summed E-state index contributed by atoms with van der Waals surface area (Å²) in [5.74, 6) is -0.509. The van der Waals surface area contributed by atoms with Gasteiger partial charge in [-0.05, 0) is 18.2 Å². The van der Waals surface area contributed by atoms with E-state index >= 15 is 0 Å². The first-order valence-corrected chi connectivity index (χ1v) is 6.29. The molecule has 2 aromatic carbocycles. The van der Waals surface area contributed by atoms with Crippen LogP contribution in [0.2, 0.25) is 0 Å². The minimum absolute atomic E-state index is 0.0601. The Kier molecular flexibility index (Phi) is 3.23. The number of fused-ring (bicyclic) bond motifs is 1. The molecule has 5 heteroatoms. The predicted octanol–water partition coefficient (Wildman–Crippen LogP) is 3.12. The molecule has 0 aliphatic carbocycles. The summed E-state index contributed by atoms with van der Waals surface area (Å²) in [6.45, 7) is 0. The number of rotatable bonds is 2. The highest BCUT2D eigenvalue weighted by Crippen LogP contribution is 2.14. The first kappa shape index (κ1) is 13.1. The molecule has 0 saturated carbocycles. The Morgan fingerprint density at radius 3 is 2.71 bits per heavy atom. The first-order valence-electron chi connectivity index (χ1n) is 6.29. The van der Waals surface area contributed by atoms with Gasteiger partial charge < -0.3 is 10.1 Å². The normalized spacial score (nSPS) is 11.8. The van der Waals surface area contributed by atoms with Crippen molar-refractivity contribution in [3.05, 3.63) is 76.0 Å². The second-order valence-electron chi connectivity index (χ2n) is 4.51. The fraction of sp³-hybridized carbons (Fsp3) is 0. The van der Waals surface area contributed by atoms with Crippen molar-refractivity contribution in [1.29, 1.82) is 0 Å². The molecule has 0 saturated heterocycles. The lowest BCUT2D eigenvalue weighted by atomic mass is 10.1. The number of hydrogen-bond donors (Lipinski definition) is 2. The third kappa shape index (κ3) is 2.67. The van der Waals surface area contributed by atoms with Gasteiger partial charge in [0.25, 0.3) is 5.56 Å². The highest BCUT2D eigenvalue weighted by molar-refractivity contribution is 5.79. The summed E-state index contributed by atoms with van der Waals surface area (Å²) in [5.41, 5.74) is 0.920. The van der Waals surface area contributed by atoms with E-state index in [1.165, 1.54) is 24.3 Å². The minimum Gasteiger partial charge on any atom is -0.507 e. The molecule has 0 aliphatic heterocycles. The van der Waals surface area contributed by atoms with Gasteiger partial charge >= 0.3 is 0 Å². The summed E-state index contributed by atoms with van der Waals surface area (Å²) in [4.78, 5) is 18.6. The van der Waals surface area contributed by atoms with Crippen LogP contribution in [0.25, 0.3) is 22.9 Å². The van der Waals surface area contributed by atoms with Crippen molar-refractivity contribution in [1.82, 2.24) is 9.97 Å². The average Bonchev–Trinajstić information content (AvgIpc) is 2.49. The van der Waals surface area contributed by atoms with Crippen molar-refractivity contribution in [3.63, 3.8) is 0 Å². The van der Waals surface area contributed by atoms with Crippen LogP contribution < -0.4 is 5.56 Å². The molecule has 0 bridgehead atoms. The van der Waals surface area contributed by atoms with Crippen molar-refractivity contribution in [2.24, 2.45) is 0 Å². The Morgan fingerprint density at radius 2 is 1.95 bits per heavy atom. The average molecular weight is 282 g/mol. The molecule has 3 aromatic rings. The number of H-pyrrole nitrogens is 1. The fourth-order valence-electron chi connectivity index (χ4n) is 1.99. The van der Waals surface area contributed by atoms with Gasteiger partial charge in [0.15, 0.2) is 0 Å². The smallest absolute Gasteiger partial charge is 0.274 e. The third-order valence-corrected chi connectivity index (χ3v) is 3.02. The van der Waals surface area contributed by atoms with Gasteiger partial charge in [-0.15, -0.1) is 0 Å². The van der Waals surface area contributed by atoms with Crippen molar-refractivity contribution in [2.45, 2.75) is 0 Å². The van der Waals surface area contributed by atoms with Crippen LogP contribution in [0.4, 0.5) is 4.39 Å². The van der Waals surface area contributed by atoms with Crippen LogP contribution in [0, 0.1) is 5.82 Å². The van der Waals surface area contributed by atoms with Crippen LogP contribution in [-0.4, -0.2) is 15.1 Å². The van der Waals surface area contributed by atoms with E-state index in [0.717, 1.165) is 0 Å². The molecular weight excluding hydrogens is 271 g/mol. The lowest BCUT2D eigenvalue weighted by Gasteiger charge is -2.01. The molecule has 0 amide bonds. The van der Waals surface area contributed by atoms with Gasteiger partial charge in [-0.25, -0.2) is 9.37 Å². The van der Waals surface area contributed by atoms with E-state index in [9.17, 15) is 14.3 Å². The van der Waals surface area contributed by atoms with Crippen LogP contribution in [-0.2, 0) is 0 Å². The Hall–Kier alpha value is -2.95. The van der Waals surface area contributed by atoms with Crippen molar-refractivity contribution in [2.75, 3.05) is 0 Å². The summed E-state index contributed by atoms with van der Waals surface area (Å²) < 4.78 is 13.1. The molecule has 0 spiro atoms. The van der Waals surface area contributed by atoms with E-state index in [2.05, 4.69) is 9.97 Å². The molecule has 0 unspecified atom stereocenters. The Morgan fingerprint density at radius 1 is 1.19 bits per heavy atom. The highest BCUT2D eigenvalue weighted by atomic mass is 19.1. The summed E-state index contributed by atoms with van der Waals surface area (Å²) in [5, 5.41) is 10.0. The topological polar surface area (TPSA) is 66.0 Å². The summed E-state index contributed by atoms with van der Waals surface area (Å²) >= 11 is 0. The van der Waals surface area contributed by atoms with E-state index in [-0.39, 0.29) is 11.5 Å². The largest absolute Gasteiger partial charge is 0.507 e. The van der Waals surface area contributed by atoms with E-state index in [1.807, 2.05) is 6.07 Å². The van der Waals surface area contributed by atoms with Gasteiger partial charge in [0.1, 0.15) is 17.3 Å². The van der Waals surface area contributed by atoms with E-state index in [0.29, 0.717) is 16.6 Å². The zero-order valence-corrected chi connectivity index (χ0v) is 10.9. The predicted molar refractivity (Wildman–Crippen MR) is 79.3 cm³/mol. The van der Waals surface area contributed by atoms with Crippen molar-refractivity contribution >= 4 is 22.9 Å². The number of aromatic nitrogens is 2. The van der Waals surface area contributed by atoms with Gasteiger partial charge in [-0.3, -0.25) is 4.79 Å². The number of nitrogens with zero attached hydrogens (tertiary/aromatic N) is 1. The standard InChI is InChI=1S/C16H11FN2O2/c17-11-6-7-12-13(8-11)19-16(21)14(18-12)9-15(20)10-4-2-1-3-5-10/h1-9,20H,(H,19,21). The van der Waals surface area contributed by atoms with Gasteiger partial charge in [0, 0.05) is 11.6 Å². The molecule has 0 aliphatic rings. The molecular formula is C16H11FN2O2. The maximum absolute atomic E-state index is 13.1. The zero-order chi connectivity index (χ0) is 14.8.